The predicted molar refractivity (Wildman–Crippen MR) is 66.8 cm³/mol. The fourth-order valence-corrected chi connectivity index (χ4v) is 2.71. The second-order valence-corrected chi connectivity index (χ2v) is 5.14. The third-order valence-electron chi connectivity index (χ3n) is 3.84. The maximum Gasteiger partial charge on any atom is 0.416 e. The minimum atomic E-state index is -4.32. The van der Waals surface area contributed by atoms with Gasteiger partial charge in [0.05, 0.1) is 18.8 Å². The molecule has 20 heavy (non-hydrogen) atoms. The zero-order chi connectivity index (χ0) is 14.2. The van der Waals surface area contributed by atoms with E-state index in [2.05, 4.69) is 4.90 Å². The maximum atomic E-state index is 12.6. The first-order valence-corrected chi connectivity index (χ1v) is 6.69. The Morgan fingerprint density at radius 1 is 1.15 bits per heavy atom. The molecule has 1 atom stereocenters. The number of rotatable bonds is 1. The minimum absolute atomic E-state index is 0.225. The van der Waals surface area contributed by atoms with E-state index in [0.29, 0.717) is 25.6 Å². The molecule has 0 amide bonds. The highest BCUT2D eigenvalue weighted by Gasteiger charge is 2.33. The number of nitrogens with zero attached hydrogens (tertiary/aromatic N) is 1. The second kappa shape index (κ2) is 5.26. The van der Waals surface area contributed by atoms with E-state index in [1.54, 1.807) is 0 Å². The number of benzene rings is 1. The van der Waals surface area contributed by atoms with E-state index >= 15 is 0 Å². The number of morpholine rings is 1. The summed E-state index contributed by atoms with van der Waals surface area (Å²) in [5, 5.41) is 0. The second-order valence-electron chi connectivity index (χ2n) is 5.14. The molecule has 1 unspecified atom stereocenters. The van der Waals surface area contributed by atoms with Gasteiger partial charge in [-0.1, -0.05) is 6.07 Å². The fourth-order valence-electron chi connectivity index (χ4n) is 2.71. The zero-order valence-corrected chi connectivity index (χ0v) is 10.9. The normalized spacial score (nSPS) is 24.1. The molecule has 2 aliphatic rings. The van der Waals surface area contributed by atoms with Crippen LogP contribution in [0.25, 0.3) is 0 Å². The van der Waals surface area contributed by atoms with Gasteiger partial charge in [-0.05, 0) is 24.1 Å². The zero-order valence-electron chi connectivity index (χ0n) is 10.9. The Morgan fingerprint density at radius 2 is 1.90 bits per heavy atom. The number of hydrogen-bond donors (Lipinski definition) is 0. The van der Waals surface area contributed by atoms with Crippen molar-refractivity contribution in [3.63, 3.8) is 0 Å². The topological polar surface area (TPSA) is 21.7 Å². The standard InChI is InChI=1S/C14H16F3NO2/c15-14(16,17)11-2-1-10-7-12(9-20-13(10)8-11)18-3-5-19-6-4-18/h1-2,8,12H,3-7,9H2. The van der Waals surface area contributed by atoms with Crippen molar-refractivity contribution in [2.24, 2.45) is 0 Å². The smallest absolute Gasteiger partial charge is 0.416 e. The molecule has 110 valence electrons. The summed E-state index contributed by atoms with van der Waals surface area (Å²) >= 11 is 0. The van der Waals surface area contributed by atoms with Crippen molar-refractivity contribution >= 4 is 0 Å². The first kappa shape index (κ1) is 13.7. The minimum Gasteiger partial charge on any atom is -0.492 e. The van der Waals surface area contributed by atoms with E-state index in [1.807, 2.05) is 0 Å². The predicted octanol–water partition coefficient (Wildman–Crippen LogP) is 2.34. The van der Waals surface area contributed by atoms with Gasteiger partial charge in [0.15, 0.2) is 0 Å². The molecule has 2 aliphatic heterocycles. The highest BCUT2D eigenvalue weighted by molar-refractivity contribution is 5.40. The van der Waals surface area contributed by atoms with Crippen LogP contribution in [0.5, 0.6) is 5.75 Å². The average Bonchev–Trinajstić information content (AvgIpc) is 2.46. The molecule has 2 heterocycles. The summed E-state index contributed by atoms with van der Waals surface area (Å²) in [5.41, 5.74) is 0.196. The highest BCUT2D eigenvalue weighted by atomic mass is 19.4. The van der Waals surface area contributed by atoms with Gasteiger partial charge in [0, 0.05) is 19.1 Å². The number of alkyl halides is 3. The summed E-state index contributed by atoms with van der Waals surface area (Å²) < 4.78 is 48.8. The lowest BCUT2D eigenvalue weighted by Gasteiger charge is -2.37. The molecule has 0 bridgehead atoms. The van der Waals surface area contributed by atoms with Crippen molar-refractivity contribution < 1.29 is 22.6 Å². The van der Waals surface area contributed by atoms with Crippen molar-refractivity contribution in [2.45, 2.75) is 18.6 Å². The molecule has 1 fully saturated rings. The molecular weight excluding hydrogens is 271 g/mol. The van der Waals surface area contributed by atoms with E-state index in [0.717, 1.165) is 37.2 Å². The SMILES string of the molecule is FC(F)(F)c1ccc2c(c1)OCC(N1CCOCC1)C2. The maximum absolute atomic E-state index is 12.6. The van der Waals surface area contributed by atoms with Gasteiger partial charge < -0.3 is 9.47 Å². The summed E-state index contributed by atoms with van der Waals surface area (Å²) in [5.74, 6) is 0.365. The molecule has 1 saturated heterocycles. The molecule has 6 heteroatoms. The Bertz CT molecular complexity index is 484. The Hall–Kier alpha value is -1.27. The molecule has 1 aromatic carbocycles. The Balaban J connectivity index is 1.75. The highest BCUT2D eigenvalue weighted by Crippen LogP contribution is 2.35. The Labute approximate surface area is 115 Å². The third kappa shape index (κ3) is 2.76. The number of ether oxygens (including phenoxy) is 2. The molecule has 0 aliphatic carbocycles. The van der Waals surface area contributed by atoms with Crippen LogP contribution in [-0.2, 0) is 17.3 Å². The average molecular weight is 287 g/mol. The van der Waals surface area contributed by atoms with Crippen LogP contribution >= 0.6 is 0 Å². The van der Waals surface area contributed by atoms with Crippen molar-refractivity contribution in [1.29, 1.82) is 0 Å². The van der Waals surface area contributed by atoms with Crippen LogP contribution < -0.4 is 4.74 Å². The molecule has 0 radical (unpaired) electrons. The summed E-state index contributed by atoms with van der Waals surface area (Å²) in [7, 11) is 0. The quantitative estimate of drug-likeness (QED) is 0.791. The van der Waals surface area contributed by atoms with Crippen molar-refractivity contribution in [3.05, 3.63) is 29.3 Å². The monoisotopic (exact) mass is 287 g/mol. The third-order valence-corrected chi connectivity index (χ3v) is 3.84. The molecule has 3 rings (SSSR count). The first-order chi connectivity index (χ1) is 9.54. The van der Waals surface area contributed by atoms with Gasteiger partial charge in [-0.3, -0.25) is 4.90 Å². The summed E-state index contributed by atoms with van der Waals surface area (Å²) in [6.07, 6.45) is -3.59. The van der Waals surface area contributed by atoms with Gasteiger partial charge in [-0.25, -0.2) is 0 Å². The molecular formula is C14H16F3NO2. The van der Waals surface area contributed by atoms with Gasteiger partial charge in [0.1, 0.15) is 12.4 Å². The van der Waals surface area contributed by atoms with Gasteiger partial charge in [-0.15, -0.1) is 0 Å². The largest absolute Gasteiger partial charge is 0.492 e. The molecule has 3 nitrogen and oxygen atoms in total. The van der Waals surface area contributed by atoms with Crippen molar-refractivity contribution in [2.75, 3.05) is 32.9 Å². The van der Waals surface area contributed by atoms with Crippen LogP contribution in [0.2, 0.25) is 0 Å². The fraction of sp³-hybridized carbons (Fsp3) is 0.571. The first-order valence-electron chi connectivity index (χ1n) is 6.69. The lowest BCUT2D eigenvalue weighted by Crippen LogP contribution is -2.48. The van der Waals surface area contributed by atoms with Crippen LogP contribution in [0, 0.1) is 0 Å². The van der Waals surface area contributed by atoms with Crippen molar-refractivity contribution in [3.8, 4) is 5.75 Å². The van der Waals surface area contributed by atoms with E-state index in [4.69, 9.17) is 9.47 Å². The number of fused-ring (bicyclic) bond motifs is 1. The molecule has 0 saturated carbocycles. The van der Waals surface area contributed by atoms with Gasteiger partial charge >= 0.3 is 6.18 Å². The van der Waals surface area contributed by atoms with Gasteiger partial charge in [0.25, 0.3) is 0 Å². The summed E-state index contributed by atoms with van der Waals surface area (Å²) in [6.45, 7) is 3.55. The number of halogens is 3. The summed E-state index contributed by atoms with van der Waals surface area (Å²) in [4.78, 5) is 2.28. The van der Waals surface area contributed by atoms with Crippen molar-refractivity contribution in [1.82, 2.24) is 4.90 Å². The number of hydrogen-bond acceptors (Lipinski definition) is 3. The van der Waals surface area contributed by atoms with Crippen LogP contribution in [0.1, 0.15) is 11.1 Å². The van der Waals surface area contributed by atoms with E-state index in [9.17, 15) is 13.2 Å². The lowest BCUT2D eigenvalue weighted by atomic mass is 9.99. The molecule has 0 spiro atoms. The van der Waals surface area contributed by atoms with E-state index in [1.165, 1.54) is 6.07 Å². The van der Waals surface area contributed by atoms with Crippen LogP contribution in [-0.4, -0.2) is 43.9 Å². The lowest BCUT2D eigenvalue weighted by molar-refractivity contribution is -0.137. The van der Waals surface area contributed by atoms with E-state index in [-0.39, 0.29) is 6.04 Å². The van der Waals surface area contributed by atoms with Crippen LogP contribution in [0.3, 0.4) is 0 Å². The van der Waals surface area contributed by atoms with Crippen LogP contribution in [0.15, 0.2) is 18.2 Å². The van der Waals surface area contributed by atoms with Gasteiger partial charge in [-0.2, -0.15) is 13.2 Å². The molecule has 0 aromatic heterocycles. The van der Waals surface area contributed by atoms with E-state index < -0.39 is 11.7 Å². The molecule has 1 aromatic rings. The Morgan fingerprint density at radius 3 is 2.60 bits per heavy atom. The Kier molecular flexibility index (Phi) is 3.60. The summed E-state index contributed by atoms with van der Waals surface area (Å²) in [6, 6.07) is 3.99. The van der Waals surface area contributed by atoms with Gasteiger partial charge in [0.2, 0.25) is 0 Å². The van der Waals surface area contributed by atoms with Crippen LogP contribution in [0.4, 0.5) is 13.2 Å². The molecule has 0 N–H and O–H groups in total.